The Balaban J connectivity index is 1.30. The molecule has 11 heteroatoms. The predicted octanol–water partition coefficient (Wildman–Crippen LogP) is 4.51. The van der Waals surface area contributed by atoms with Gasteiger partial charge >= 0.3 is 0 Å². The number of piperidine rings is 1. The summed E-state index contributed by atoms with van der Waals surface area (Å²) in [7, 11) is 0. The molecule has 0 aromatic carbocycles. The number of hydrogen-bond donors (Lipinski definition) is 4. The molecule has 5 fully saturated rings. The molecular formula is C35H51Cl2N5O4. The largest absolute Gasteiger partial charge is 0.370 e. The molecule has 0 aromatic heterocycles. The third kappa shape index (κ3) is 7.61. The Hall–Kier alpha value is -2.52. The molecule has 5 unspecified atom stereocenters. The zero-order chi connectivity index (χ0) is 33.0. The summed E-state index contributed by atoms with van der Waals surface area (Å²) in [6.07, 6.45) is 15.6. The zero-order valence-corrected chi connectivity index (χ0v) is 28.4. The van der Waals surface area contributed by atoms with Crippen molar-refractivity contribution in [1.29, 1.82) is 0 Å². The van der Waals surface area contributed by atoms with Gasteiger partial charge in [-0.15, -0.1) is 36.4 Å². The number of nitrogens with one attached hydrogen (secondary N) is 4. The highest BCUT2D eigenvalue weighted by molar-refractivity contribution is 6.51. The highest BCUT2D eigenvalue weighted by Crippen LogP contribution is 2.65. The Bertz CT molecular complexity index is 1200. The summed E-state index contributed by atoms with van der Waals surface area (Å²) in [4.78, 5) is 55.8. The number of hydrogen-bond acceptors (Lipinski definition) is 6. The zero-order valence-electron chi connectivity index (χ0n) is 26.9. The minimum absolute atomic E-state index is 0.0979. The summed E-state index contributed by atoms with van der Waals surface area (Å²) in [6.45, 7) is 12.1. The van der Waals surface area contributed by atoms with Crippen molar-refractivity contribution in [3.05, 3.63) is 37.7 Å². The molecule has 5 aliphatic rings. The van der Waals surface area contributed by atoms with Gasteiger partial charge < -0.3 is 26.2 Å². The summed E-state index contributed by atoms with van der Waals surface area (Å²) < 4.78 is -1.14. The van der Waals surface area contributed by atoms with Gasteiger partial charge in [0.05, 0.1) is 11.9 Å². The van der Waals surface area contributed by atoms with Gasteiger partial charge in [-0.25, -0.2) is 0 Å². The van der Waals surface area contributed by atoms with Crippen molar-refractivity contribution in [1.82, 2.24) is 26.2 Å². The van der Waals surface area contributed by atoms with Gasteiger partial charge in [0.25, 0.3) is 5.91 Å². The van der Waals surface area contributed by atoms with E-state index >= 15 is 0 Å². The van der Waals surface area contributed by atoms with Crippen LogP contribution in [-0.2, 0) is 19.2 Å². The molecule has 4 aliphatic carbocycles. The van der Waals surface area contributed by atoms with Gasteiger partial charge in [-0.3, -0.25) is 19.2 Å². The molecule has 1 aliphatic heterocycles. The van der Waals surface area contributed by atoms with Crippen molar-refractivity contribution in [3.8, 4) is 0 Å². The lowest BCUT2D eigenvalue weighted by atomic mass is 9.64. The van der Waals surface area contributed by atoms with Crippen LogP contribution in [0.4, 0.5) is 0 Å². The van der Waals surface area contributed by atoms with Crippen LogP contribution in [0.25, 0.3) is 0 Å². The Morgan fingerprint density at radius 3 is 2.26 bits per heavy atom. The normalized spacial score (nSPS) is 30.7. The van der Waals surface area contributed by atoms with Crippen molar-refractivity contribution >= 4 is 46.7 Å². The number of rotatable bonds is 16. The van der Waals surface area contributed by atoms with E-state index in [4.69, 9.17) is 23.2 Å². The number of alkyl halides is 2. The number of carbonyl (C=O) groups excluding carboxylic acids is 4. The number of Topliss-reactive ketones (excluding diaryl/α,β-unsaturated/α-hetero) is 1. The summed E-state index contributed by atoms with van der Waals surface area (Å²) in [5.74, 6) is -0.542. The number of nitrogens with zero attached hydrogens (tertiary/aromatic N) is 1. The van der Waals surface area contributed by atoms with Gasteiger partial charge in [-0.1, -0.05) is 38.0 Å². The maximum absolute atomic E-state index is 14.5. The summed E-state index contributed by atoms with van der Waals surface area (Å²) in [5, 5.41) is 12.4. The third-order valence-corrected chi connectivity index (χ3v) is 12.2. The lowest BCUT2D eigenvalue weighted by Gasteiger charge is -2.44. The van der Waals surface area contributed by atoms with Gasteiger partial charge in [0.15, 0.2) is 0 Å². The topological polar surface area (TPSA) is 120 Å². The number of likely N-dealkylation sites (tertiary alicyclic amines) is 1. The average Bonchev–Trinajstić information content (AvgIpc) is 3.34. The van der Waals surface area contributed by atoms with Gasteiger partial charge in [-0.2, -0.15) is 0 Å². The molecular weight excluding hydrogens is 625 g/mol. The van der Waals surface area contributed by atoms with Crippen LogP contribution >= 0.6 is 23.2 Å². The van der Waals surface area contributed by atoms with Crippen LogP contribution in [0.5, 0.6) is 0 Å². The van der Waals surface area contributed by atoms with E-state index in [1.807, 2.05) is 0 Å². The number of allylic oxidation sites excluding steroid dienone is 1. The SMILES string of the molecule is C=CCCNC(=O)C(=O)C(CCC=C)NC(=O)[C@@H]1[C@@H]2C(CN1C(=O)[C@@H](NC(=C)NC1CCC3CCC3C1)C1CCCCC1)C2(Cl)Cl. The average molecular weight is 677 g/mol. The molecule has 0 radical (unpaired) electrons. The highest BCUT2D eigenvalue weighted by atomic mass is 35.5. The monoisotopic (exact) mass is 675 g/mol. The first kappa shape index (κ1) is 34.8. The lowest BCUT2D eigenvalue weighted by Crippen LogP contribution is -2.59. The first-order chi connectivity index (χ1) is 22.1. The van der Waals surface area contributed by atoms with Crippen LogP contribution in [-0.4, -0.2) is 70.0 Å². The molecule has 254 valence electrons. The molecule has 5 rings (SSSR count). The van der Waals surface area contributed by atoms with Crippen LogP contribution in [0.1, 0.15) is 83.5 Å². The molecule has 3 amide bonds. The Morgan fingerprint density at radius 1 is 0.913 bits per heavy atom. The molecule has 8 atom stereocenters. The van der Waals surface area contributed by atoms with E-state index in [0.717, 1.165) is 56.8 Å². The van der Waals surface area contributed by atoms with Crippen molar-refractivity contribution in [2.45, 2.75) is 112 Å². The minimum atomic E-state index is -1.14. The van der Waals surface area contributed by atoms with Crippen LogP contribution in [0.2, 0.25) is 0 Å². The summed E-state index contributed by atoms with van der Waals surface area (Å²) in [6, 6.07) is -2.25. The van der Waals surface area contributed by atoms with Crippen molar-refractivity contribution in [2.75, 3.05) is 13.1 Å². The fourth-order valence-electron chi connectivity index (χ4n) is 8.34. The van der Waals surface area contributed by atoms with Gasteiger partial charge in [0, 0.05) is 31.0 Å². The van der Waals surface area contributed by atoms with E-state index in [1.165, 1.54) is 19.3 Å². The lowest BCUT2D eigenvalue weighted by molar-refractivity contribution is -0.144. The third-order valence-electron chi connectivity index (χ3n) is 11.2. The second-order valence-corrected chi connectivity index (χ2v) is 15.6. The van der Waals surface area contributed by atoms with Gasteiger partial charge in [0.2, 0.25) is 17.6 Å². The molecule has 46 heavy (non-hydrogen) atoms. The van der Waals surface area contributed by atoms with Crippen LogP contribution in [0.3, 0.4) is 0 Å². The minimum Gasteiger partial charge on any atom is -0.370 e. The van der Waals surface area contributed by atoms with Crippen molar-refractivity contribution in [2.24, 2.45) is 29.6 Å². The first-order valence-electron chi connectivity index (χ1n) is 17.3. The molecule has 9 nitrogen and oxygen atoms in total. The van der Waals surface area contributed by atoms with Crippen LogP contribution in [0, 0.1) is 29.6 Å². The quantitative estimate of drug-likeness (QED) is 0.0828. The second-order valence-electron chi connectivity index (χ2n) is 14.1. The van der Waals surface area contributed by atoms with E-state index in [0.29, 0.717) is 24.7 Å². The Morgan fingerprint density at radius 2 is 1.61 bits per heavy atom. The fraction of sp³-hybridized carbons (Fsp3) is 0.714. The molecule has 1 heterocycles. The standard InChI is InChI=1S/C35H51Cl2N5O4/c1-4-6-13-27(31(43)33(45)38-18-7-5-2)41-32(44)30-28-26(35(28,36)37)20-42(30)34(46)29(23-11-9-8-10-12-23)40-21(3)39-25-17-16-22-14-15-24(22)19-25/h4-5,22-30,39-40H,1-3,6-20H2,(H,38,45)(H,41,44)/t22?,24?,25?,26?,27?,28-,29-,30-/m0/s1. The molecule has 4 saturated carbocycles. The smallest absolute Gasteiger partial charge is 0.289 e. The Labute approximate surface area is 283 Å². The molecule has 0 bridgehead atoms. The second kappa shape index (κ2) is 15.1. The first-order valence-corrected chi connectivity index (χ1v) is 18.1. The number of fused-ring (bicyclic) bond motifs is 2. The van der Waals surface area contributed by atoms with E-state index in [-0.39, 0.29) is 37.3 Å². The van der Waals surface area contributed by atoms with E-state index in [2.05, 4.69) is 41.0 Å². The molecule has 0 aromatic rings. The molecule has 1 saturated heterocycles. The highest BCUT2D eigenvalue weighted by Gasteiger charge is 2.74. The van der Waals surface area contributed by atoms with Gasteiger partial charge in [-0.05, 0) is 82.0 Å². The van der Waals surface area contributed by atoms with Crippen LogP contribution < -0.4 is 21.3 Å². The maximum Gasteiger partial charge on any atom is 0.289 e. The van der Waals surface area contributed by atoms with Crippen molar-refractivity contribution < 1.29 is 19.2 Å². The number of carbonyl (C=O) groups is 4. The number of amides is 3. The predicted molar refractivity (Wildman–Crippen MR) is 181 cm³/mol. The maximum atomic E-state index is 14.5. The van der Waals surface area contributed by atoms with Crippen molar-refractivity contribution in [3.63, 3.8) is 0 Å². The fourth-order valence-corrected chi connectivity index (χ4v) is 9.16. The number of halogens is 2. The summed E-state index contributed by atoms with van der Waals surface area (Å²) >= 11 is 13.3. The number of ketones is 1. The van der Waals surface area contributed by atoms with E-state index in [9.17, 15) is 19.2 Å². The van der Waals surface area contributed by atoms with Crippen LogP contribution in [0.15, 0.2) is 37.7 Å². The van der Waals surface area contributed by atoms with E-state index < -0.39 is 46.0 Å². The molecule has 4 N–H and O–H groups in total. The Kier molecular flexibility index (Phi) is 11.5. The molecule has 0 spiro atoms. The van der Waals surface area contributed by atoms with Gasteiger partial charge in [0.1, 0.15) is 16.4 Å². The summed E-state index contributed by atoms with van der Waals surface area (Å²) in [5.41, 5.74) is 0. The van der Waals surface area contributed by atoms with E-state index in [1.54, 1.807) is 17.1 Å².